The third kappa shape index (κ3) is 1.79. The van der Waals surface area contributed by atoms with Crippen LogP contribution in [0.5, 0.6) is 0 Å². The first-order chi connectivity index (χ1) is 7.27. The van der Waals surface area contributed by atoms with Crippen molar-refractivity contribution in [2.45, 2.75) is 45.3 Å². The number of hydrogen-bond acceptors (Lipinski definition) is 3. The summed E-state index contributed by atoms with van der Waals surface area (Å²) in [5.74, 6) is 1.09. The van der Waals surface area contributed by atoms with Gasteiger partial charge in [-0.2, -0.15) is 0 Å². The molecule has 0 aliphatic carbocycles. The summed E-state index contributed by atoms with van der Waals surface area (Å²) in [5, 5.41) is 9.79. The first-order valence-electron chi connectivity index (χ1n) is 5.74. The first-order valence-corrected chi connectivity index (χ1v) is 5.74. The molecule has 4 nitrogen and oxygen atoms in total. The molecule has 0 saturated carbocycles. The summed E-state index contributed by atoms with van der Waals surface area (Å²) < 4.78 is 2.26. The lowest BCUT2D eigenvalue weighted by atomic mass is 10.1. The quantitative estimate of drug-likeness (QED) is 0.773. The molecule has 0 aromatic carbocycles. The zero-order chi connectivity index (χ0) is 10.8. The molecule has 1 aliphatic rings. The van der Waals surface area contributed by atoms with Gasteiger partial charge in [0, 0.05) is 25.2 Å². The molecule has 1 aromatic rings. The van der Waals surface area contributed by atoms with Gasteiger partial charge in [-0.25, -0.2) is 4.98 Å². The van der Waals surface area contributed by atoms with Crippen molar-refractivity contribution in [2.24, 2.45) is 5.73 Å². The summed E-state index contributed by atoms with van der Waals surface area (Å²) in [7, 11) is 0. The van der Waals surface area contributed by atoms with E-state index in [1.807, 2.05) is 0 Å². The minimum Gasteiger partial charge on any atom is -0.385 e. The number of imidazole rings is 1. The SMILES string of the molecule is CCc1nc(C(O)CN)c2n1CCCC2. The largest absolute Gasteiger partial charge is 0.385 e. The van der Waals surface area contributed by atoms with Gasteiger partial charge in [0.2, 0.25) is 0 Å². The van der Waals surface area contributed by atoms with Gasteiger partial charge in [-0.05, 0) is 19.3 Å². The lowest BCUT2D eigenvalue weighted by Crippen LogP contribution is -2.17. The number of nitrogens with two attached hydrogens (primary N) is 1. The highest BCUT2D eigenvalue weighted by Crippen LogP contribution is 2.25. The van der Waals surface area contributed by atoms with Gasteiger partial charge >= 0.3 is 0 Å². The molecule has 84 valence electrons. The molecule has 2 heterocycles. The molecular weight excluding hydrogens is 190 g/mol. The van der Waals surface area contributed by atoms with Crippen LogP contribution < -0.4 is 5.73 Å². The van der Waals surface area contributed by atoms with Gasteiger partial charge in [-0.3, -0.25) is 0 Å². The van der Waals surface area contributed by atoms with Gasteiger partial charge in [0.05, 0.1) is 5.69 Å². The Morgan fingerprint density at radius 2 is 2.33 bits per heavy atom. The van der Waals surface area contributed by atoms with Crippen molar-refractivity contribution in [3.05, 3.63) is 17.2 Å². The highest BCUT2D eigenvalue weighted by atomic mass is 16.3. The van der Waals surface area contributed by atoms with Crippen LogP contribution in [0.1, 0.15) is 43.1 Å². The standard InChI is InChI=1S/C11H19N3O/c1-2-10-13-11(9(15)7-12)8-5-3-4-6-14(8)10/h9,15H,2-7,12H2,1H3. The van der Waals surface area contributed by atoms with Crippen LogP contribution >= 0.6 is 0 Å². The molecule has 0 spiro atoms. The van der Waals surface area contributed by atoms with Crippen LogP contribution in [0.15, 0.2) is 0 Å². The van der Waals surface area contributed by atoms with E-state index in [2.05, 4.69) is 16.5 Å². The number of hydrogen-bond donors (Lipinski definition) is 2. The molecule has 2 rings (SSSR count). The van der Waals surface area contributed by atoms with Gasteiger partial charge in [-0.15, -0.1) is 0 Å². The second-order valence-electron chi connectivity index (χ2n) is 4.07. The summed E-state index contributed by atoms with van der Waals surface area (Å²) in [6.07, 6.45) is 3.77. The Morgan fingerprint density at radius 1 is 1.53 bits per heavy atom. The predicted octanol–water partition coefficient (Wildman–Crippen LogP) is 0.774. The molecule has 15 heavy (non-hydrogen) atoms. The van der Waals surface area contributed by atoms with Crippen molar-refractivity contribution in [1.29, 1.82) is 0 Å². The normalized spacial score (nSPS) is 17.5. The minimum absolute atomic E-state index is 0.257. The van der Waals surface area contributed by atoms with E-state index in [9.17, 15) is 5.11 Å². The molecule has 0 saturated heterocycles. The van der Waals surface area contributed by atoms with Crippen molar-refractivity contribution in [1.82, 2.24) is 9.55 Å². The van der Waals surface area contributed by atoms with Crippen molar-refractivity contribution in [3.8, 4) is 0 Å². The van der Waals surface area contributed by atoms with Crippen molar-refractivity contribution >= 4 is 0 Å². The topological polar surface area (TPSA) is 64.1 Å². The second kappa shape index (κ2) is 4.33. The van der Waals surface area contributed by atoms with E-state index in [1.165, 1.54) is 18.5 Å². The predicted molar refractivity (Wildman–Crippen MR) is 58.6 cm³/mol. The van der Waals surface area contributed by atoms with E-state index in [1.54, 1.807) is 0 Å². The van der Waals surface area contributed by atoms with Crippen LogP contribution in [0, 0.1) is 0 Å². The van der Waals surface area contributed by atoms with Gasteiger partial charge in [0.1, 0.15) is 11.9 Å². The lowest BCUT2D eigenvalue weighted by molar-refractivity contribution is 0.180. The molecular formula is C11H19N3O. The van der Waals surface area contributed by atoms with Crippen LogP contribution in [0.4, 0.5) is 0 Å². The number of aliphatic hydroxyl groups is 1. The number of rotatable bonds is 3. The van der Waals surface area contributed by atoms with Crippen LogP contribution in [0.25, 0.3) is 0 Å². The summed E-state index contributed by atoms with van der Waals surface area (Å²) in [6, 6.07) is 0. The van der Waals surface area contributed by atoms with E-state index in [0.29, 0.717) is 0 Å². The van der Waals surface area contributed by atoms with Crippen molar-refractivity contribution in [2.75, 3.05) is 6.54 Å². The van der Waals surface area contributed by atoms with Gasteiger partial charge in [0.25, 0.3) is 0 Å². The van der Waals surface area contributed by atoms with Gasteiger partial charge in [0.15, 0.2) is 0 Å². The van der Waals surface area contributed by atoms with Crippen LogP contribution in [0.2, 0.25) is 0 Å². The number of aromatic nitrogens is 2. The van der Waals surface area contributed by atoms with E-state index >= 15 is 0 Å². The molecule has 4 heteroatoms. The maximum absolute atomic E-state index is 9.79. The highest BCUT2D eigenvalue weighted by Gasteiger charge is 2.22. The van der Waals surface area contributed by atoms with E-state index in [0.717, 1.165) is 30.9 Å². The third-order valence-corrected chi connectivity index (χ3v) is 3.08. The van der Waals surface area contributed by atoms with Crippen LogP contribution in [-0.2, 0) is 19.4 Å². The molecule has 3 N–H and O–H groups in total. The Bertz CT molecular complexity index is 346. The average Bonchev–Trinajstić information content (AvgIpc) is 2.67. The molecule has 0 amide bonds. The Labute approximate surface area is 90.1 Å². The Balaban J connectivity index is 2.42. The number of fused-ring (bicyclic) bond motifs is 1. The summed E-state index contributed by atoms with van der Waals surface area (Å²) in [6.45, 7) is 3.40. The Hall–Kier alpha value is -0.870. The Kier molecular flexibility index (Phi) is 3.07. The fourth-order valence-electron chi connectivity index (χ4n) is 2.30. The lowest BCUT2D eigenvalue weighted by Gasteiger charge is -2.18. The van der Waals surface area contributed by atoms with Crippen LogP contribution in [0.3, 0.4) is 0 Å². The summed E-state index contributed by atoms with van der Waals surface area (Å²) >= 11 is 0. The zero-order valence-electron chi connectivity index (χ0n) is 9.24. The maximum atomic E-state index is 9.79. The smallest absolute Gasteiger partial charge is 0.110 e. The molecule has 0 fully saturated rings. The number of nitrogens with zero attached hydrogens (tertiary/aromatic N) is 2. The summed E-state index contributed by atoms with van der Waals surface area (Å²) in [5.41, 5.74) is 7.51. The average molecular weight is 209 g/mol. The fraction of sp³-hybridized carbons (Fsp3) is 0.727. The summed E-state index contributed by atoms with van der Waals surface area (Å²) in [4.78, 5) is 4.51. The minimum atomic E-state index is -0.593. The molecule has 1 aromatic heterocycles. The molecule has 0 radical (unpaired) electrons. The monoisotopic (exact) mass is 209 g/mol. The molecule has 1 atom stereocenters. The molecule has 0 bridgehead atoms. The zero-order valence-corrected chi connectivity index (χ0v) is 9.24. The van der Waals surface area contributed by atoms with Crippen LogP contribution in [-0.4, -0.2) is 21.2 Å². The van der Waals surface area contributed by atoms with E-state index < -0.39 is 6.10 Å². The van der Waals surface area contributed by atoms with Gasteiger partial charge < -0.3 is 15.4 Å². The van der Waals surface area contributed by atoms with E-state index in [4.69, 9.17) is 5.73 Å². The fourth-order valence-corrected chi connectivity index (χ4v) is 2.30. The first kappa shape index (κ1) is 10.6. The third-order valence-electron chi connectivity index (χ3n) is 3.08. The Morgan fingerprint density at radius 3 is 3.00 bits per heavy atom. The van der Waals surface area contributed by atoms with Crippen molar-refractivity contribution < 1.29 is 5.11 Å². The van der Waals surface area contributed by atoms with Gasteiger partial charge in [-0.1, -0.05) is 6.92 Å². The van der Waals surface area contributed by atoms with Crippen molar-refractivity contribution in [3.63, 3.8) is 0 Å². The highest BCUT2D eigenvalue weighted by molar-refractivity contribution is 5.21. The second-order valence-corrected chi connectivity index (χ2v) is 4.07. The molecule has 1 unspecified atom stereocenters. The number of aliphatic hydroxyl groups excluding tert-OH is 1. The van der Waals surface area contributed by atoms with E-state index in [-0.39, 0.29) is 6.54 Å². The number of aryl methyl sites for hydroxylation is 1. The molecule has 1 aliphatic heterocycles. The maximum Gasteiger partial charge on any atom is 0.110 e.